The first-order chi connectivity index (χ1) is 14.2. The summed E-state index contributed by atoms with van der Waals surface area (Å²) in [7, 11) is 0. The largest absolute Gasteiger partial charge is 0.378 e. The summed E-state index contributed by atoms with van der Waals surface area (Å²) >= 11 is 0. The third-order valence-corrected chi connectivity index (χ3v) is 4.62. The molecule has 4 rings (SSSR count). The number of aromatic nitrogens is 4. The Morgan fingerprint density at radius 2 is 1.86 bits per heavy atom. The van der Waals surface area contributed by atoms with Crippen molar-refractivity contribution in [2.75, 3.05) is 43.1 Å². The van der Waals surface area contributed by atoms with Crippen LogP contribution < -0.4 is 15.8 Å². The minimum Gasteiger partial charge on any atom is -0.378 e. The lowest BCUT2D eigenvalue weighted by atomic mass is 10.1. The Bertz CT molecular complexity index is 1020. The van der Waals surface area contributed by atoms with Crippen molar-refractivity contribution in [3.8, 4) is 11.3 Å². The summed E-state index contributed by atoms with van der Waals surface area (Å²) in [4.78, 5) is 22.8. The smallest absolute Gasteiger partial charge is 0.266 e. The monoisotopic (exact) mass is 396 g/mol. The second kappa shape index (κ2) is 8.78. The van der Waals surface area contributed by atoms with E-state index in [0.29, 0.717) is 37.8 Å². The van der Waals surface area contributed by atoms with Gasteiger partial charge in [0.05, 0.1) is 25.5 Å². The van der Waals surface area contributed by atoms with Crippen molar-refractivity contribution in [1.82, 2.24) is 19.7 Å². The standard InChI is InChI=1S/C20H21FN6O2/c21-16-3-1-15(2-4-16)17-5-6-20(28)27(25-17)8-7-22-18-13-19(24-14-23-18)26-9-11-29-12-10-26/h1-6,13-14H,7-12H2,(H,22,23,24). The molecule has 1 saturated heterocycles. The van der Waals surface area contributed by atoms with Crippen LogP contribution in [0.2, 0.25) is 0 Å². The summed E-state index contributed by atoms with van der Waals surface area (Å²) in [5, 5.41) is 7.59. The Morgan fingerprint density at radius 1 is 1.07 bits per heavy atom. The Kier molecular flexibility index (Phi) is 5.76. The molecule has 0 bridgehead atoms. The van der Waals surface area contributed by atoms with Gasteiger partial charge in [-0.1, -0.05) is 0 Å². The Hall–Kier alpha value is -3.33. The summed E-state index contributed by atoms with van der Waals surface area (Å²) in [5.74, 6) is 1.22. The van der Waals surface area contributed by atoms with E-state index < -0.39 is 0 Å². The maximum atomic E-state index is 13.1. The van der Waals surface area contributed by atoms with Crippen molar-refractivity contribution >= 4 is 11.6 Å². The highest BCUT2D eigenvalue weighted by atomic mass is 19.1. The molecular formula is C20H21FN6O2. The number of nitrogens with one attached hydrogen (secondary N) is 1. The van der Waals surface area contributed by atoms with Gasteiger partial charge in [0.1, 0.15) is 23.8 Å². The highest BCUT2D eigenvalue weighted by Gasteiger charge is 2.13. The summed E-state index contributed by atoms with van der Waals surface area (Å²) in [6.45, 7) is 3.81. The minimum absolute atomic E-state index is 0.200. The molecule has 1 aliphatic rings. The highest BCUT2D eigenvalue weighted by molar-refractivity contribution is 5.57. The van der Waals surface area contributed by atoms with Gasteiger partial charge in [-0.25, -0.2) is 19.0 Å². The topological polar surface area (TPSA) is 85.2 Å². The van der Waals surface area contributed by atoms with E-state index in [2.05, 4.69) is 25.3 Å². The van der Waals surface area contributed by atoms with Crippen molar-refractivity contribution < 1.29 is 9.13 Å². The van der Waals surface area contributed by atoms with E-state index in [4.69, 9.17) is 4.74 Å². The van der Waals surface area contributed by atoms with Gasteiger partial charge in [0.2, 0.25) is 0 Å². The molecule has 1 aliphatic heterocycles. The maximum Gasteiger partial charge on any atom is 0.266 e. The van der Waals surface area contributed by atoms with E-state index in [0.717, 1.165) is 24.5 Å². The van der Waals surface area contributed by atoms with E-state index in [1.54, 1.807) is 18.2 Å². The van der Waals surface area contributed by atoms with Crippen LogP contribution in [-0.2, 0) is 11.3 Å². The molecule has 0 saturated carbocycles. The molecule has 0 radical (unpaired) electrons. The molecule has 150 valence electrons. The number of ether oxygens (including phenoxy) is 1. The molecule has 3 heterocycles. The van der Waals surface area contributed by atoms with Gasteiger partial charge in [0.15, 0.2) is 0 Å². The molecule has 0 spiro atoms. The van der Waals surface area contributed by atoms with Gasteiger partial charge in [-0.05, 0) is 30.3 Å². The molecule has 1 fully saturated rings. The Labute approximate surface area is 167 Å². The van der Waals surface area contributed by atoms with Crippen LogP contribution in [0.25, 0.3) is 11.3 Å². The van der Waals surface area contributed by atoms with Crippen LogP contribution in [0.3, 0.4) is 0 Å². The number of hydrogen-bond acceptors (Lipinski definition) is 7. The fourth-order valence-corrected chi connectivity index (χ4v) is 3.08. The number of rotatable bonds is 6. The number of hydrogen-bond donors (Lipinski definition) is 1. The average molecular weight is 396 g/mol. The third kappa shape index (κ3) is 4.75. The summed E-state index contributed by atoms with van der Waals surface area (Å²) in [5.41, 5.74) is 1.16. The number of halogens is 1. The molecule has 0 aliphatic carbocycles. The van der Waals surface area contributed by atoms with Crippen molar-refractivity contribution in [2.24, 2.45) is 0 Å². The minimum atomic E-state index is -0.312. The zero-order valence-electron chi connectivity index (χ0n) is 15.8. The van der Waals surface area contributed by atoms with E-state index in [9.17, 15) is 9.18 Å². The molecule has 9 heteroatoms. The predicted octanol–water partition coefficient (Wildman–Crippen LogP) is 1.79. The van der Waals surface area contributed by atoms with Gasteiger partial charge in [-0.2, -0.15) is 5.10 Å². The Balaban J connectivity index is 1.41. The first-order valence-electron chi connectivity index (χ1n) is 9.42. The van der Waals surface area contributed by atoms with Gasteiger partial charge in [-0.15, -0.1) is 0 Å². The van der Waals surface area contributed by atoms with Gasteiger partial charge in [0, 0.05) is 37.3 Å². The van der Waals surface area contributed by atoms with E-state index in [1.807, 2.05) is 6.07 Å². The zero-order chi connectivity index (χ0) is 20.1. The third-order valence-electron chi connectivity index (χ3n) is 4.62. The van der Waals surface area contributed by atoms with Crippen LogP contribution >= 0.6 is 0 Å². The SMILES string of the molecule is O=c1ccc(-c2ccc(F)cc2)nn1CCNc1cc(N2CCOCC2)ncn1. The summed E-state index contributed by atoms with van der Waals surface area (Å²) in [6, 6.07) is 11.0. The molecule has 1 N–H and O–H groups in total. The lowest BCUT2D eigenvalue weighted by Gasteiger charge is -2.27. The van der Waals surface area contributed by atoms with E-state index in [1.165, 1.54) is 29.2 Å². The molecule has 0 amide bonds. The predicted molar refractivity (Wildman–Crippen MR) is 107 cm³/mol. The lowest BCUT2D eigenvalue weighted by molar-refractivity contribution is 0.122. The van der Waals surface area contributed by atoms with Gasteiger partial charge < -0.3 is 15.0 Å². The van der Waals surface area contributed by atoms with Gasteiger partial charge in [-0.3, -0.25) is 4.79 Å². The van der Waals surface area contributed by atoms with Crippen LogP contribution in [0.15, 0.2) is 53.6 Å². The fourth-order valence-electron chi connectivity index (χ4n) is 3.08. The molecule has 0 unspecified atom stereocenters. The van der Waals surface area contributed by atoms with Gasteiger partial charge in [0.25, 0.3) is 5.56 Å². The lowest BCUT2D eigenvalue weighted by Crippen LogP contribution is -2.36. The molecule has 8 nitrogen and oxygen atoms in total. The van der Waals surface area contributed by atoms with Crippen molar-refractivity contribution in [2.45, 2.75) is 6.54 Å². The van der Waals surface area contributed by atoms with E-state index in [-0.39, 0.29) is 11.4 Å². The zero-order valence-corrected chi connectivity index (χ0v) is 15.8. The molecular weight excluding hydrogens is 375 g/mol. The van der Waals surface area contributed by atoms with E-state index >= 15 is 0 Å². The number of benzene rings is 1. The first kappa shape index (κ1) is 19.0. The van der Waals surface area contributed by atoms with Crippen molar-refractivity contribution in [3.63, 3.8) is 0 Å². The molecule has 0 atom stereocenters. The van der Waals surface area contributed by atoms with Crippen LogP contribution in [0, 0.1) is 5.82 Å². The quantitative estimate of drug-likeness (QED) is 0.680. The molecule has 1 aromatic carbocycles. The number of nitrogens with zero attached hydrogens (tertiary/aromatic N) is 5. The van der Waals surface area contributed by atoms with Crippen LogP contribution in [0.5, 0.6) is 0 Å². The number of anilines is 2. The first-order valence-corrected chi connectivity index (χ1v) is 9.42. The van der Waals surface area contributed by atoms with Crippen LogP contribution in [0.4, 0.5) is 16.0 Å². The summed E-state index contributed by atoms with van der Waals surface area (Å²) < 4.78 is 19.9. The number of morpholine rings is 1. The van der Waals surface area contributed by atoms with Gasteiger partial charge >= 0.3 is 0 Å². The molecule has 3 aromatic rings. The fraction of sp³-hybridized carbons (Fsp3) is 0.300. The molecule has 2 aromatic heterocycles. The normalized spacial score (nSPS) is 14.0. The molecule has 29 heavy (non-hydrogen) atoms. The van der Waals surface area contributed by atoms with Crippen molar-refractivity contribution in [1.29, 1.82) is 0 Å². The van der Waals surface area contributed by atoms with Crippen molar-refractivity contribution in [3.05, 3.63) is 65.0 Å². The average Bonchev–Trinajstić information content (AvgIpc) is 2.76. The second-order valence-electron chi connectivity index (χ2n) is 6.57. The Morgan fingerprint density at radius 3 is 2.66 bits per heavy atom. The van der Waals surface area contributed by atoms with Crippen LogP contribution in [0.1, 0.15) is 0 Å². The summed E-state index contributed by atoms with van der Waals surface area (Å²) in [6.07, 6.45) is 1.52. The highest BCUT2D eigenvalue weighted by Crippen LogP contribution is 2.16. The van der Waals surface area contributed by atoms with Crippen LogP contribution in [-0.4, -0.2) is 52.6 Å². The maximum absolute atomic E-state index is 13.1. The second-order valence-corrected chi connectivity index (χ2v) is 6.57.